The number of nitrogens with zero attached hydrogens (tertiary/aromatic N) is 2. The lowest BCUT2D eigenvalue weighted by molar-refractivity contribution is 0.306. The van der Waals surface area contributed by atoms with E-state index in [1.54, 1.807) is 4.31 Å². The molecular weight excluding hydrogens is 164 g/mol. The van der Waals surface area contributed by atoms with Gasteiger partial charge in [-0.2, -0.15) is 0 Å². The van der Waals surface area contributed by atoms with Crippen molar-refractivity contribution in [3.63, 3.8) is 0 Å². The van der Waals surface area contributed by atoms with Gasteiger partial charge in [0, 0.05) is 19.6 Å². The fraction of sp³-hybridized carbons (Fsp3) is 1.00. The zero-order valence-electron chi connectivity index (χ0n) is 6.52. The molecule has 2 saturated heterocycles. The van der Waals surface area contributed by atoms with Gasteiger partial charge in [0.25, 0.3) is 0 Å². The van der Waals surface area contributed by atoms with Gasteiger partial charge in [-0.05, 0) is 13.5 Å². The Morgan fingerprint density at radius 3 is 2.18 bits per heavy atom. The molecule has 0 bridgehead atoms. The van der Waals surface area contributed by atoms with Gasteiger partial charge in [-0.15, -0.1) is 0 Å². The van der Waals surface area contributed by atoms with Gasteiger partial charge in [-0.3, -0.25) is 4.90 Å². The summed E-state index contributed by atoms with van der Waals surface area (Å²) in [6.07, 6.45) is 1.02. The third-order valence-electron chi connectivity index (χ3n) is 2.32. The number of hydrogen-bond acceptors (Lipinski definition) is 3. The van der Waals surface area contributed by atoms with Crippen LogP contribution in [0.5, 0.6) is 0 Å². The molecule has 0 radical (unpaired) electrons. The Bertz CT molecular complexity index is 247. The smallest absolute Gasteiger partial charge is 0.231 e. The number of likely N-dealkylation sites (N-methyl/N-ethyl adjacent to an activating group) is 1. The highest BCUT2D eigenvalue weighted by Gasteiger charge is 2.46. The van der Waals surface area contributed by atoms with Gasteiger partial charge in [-0.1, -0.05) is 0 Å². The van der Waals surface area contributed by atoms with E-state index in [2.05, 4.69) is 0 Å². The lowest BCUT2D eigenvalue weighted by Gasteiger charge is -2.29. The van der Waals surface area contributed by atoms with Gasteiger partial charge < -0.3 is 0 Å². The van der Waals surface area contributed by atoms with Crippen LogP contribution in [0.1, 0.15) is 6.42 Å². The van der Waals surface area contributed by atoms with Crippen molar-refractivity contribution in [1.29, 1.82) is 0 Å². The van der Waals surface area contributed by atoms with Crippen molar-refractivity contribution in [1.82, 2.24) is 9.21 Å². The second kappa shape index (κ2) is 2.18. The molecule has 2 rings (SSSR count). The van der Waals surface area contributed by atoms with Crippen molar-refractivity contribution in [2.24, 2.45) is 0 Å². The van der Waals surface area contributed by atoms with Gasteiger partial charge in [0.2, 0.25) is 10.0 Å². The van der Waals surface area contributed by atoms with Crippen LogP contribution in [0.3, 0.4) is 0 Å². The second-order valence-corrected chi connectivity index (χ2v) is 5.28. The third-order valence-corrected chi connectivity index (χ3v) is 4.60. The summed E-state index contributed by atoms with van der Waals surface area (Å²) in [7, 11) is -1.08. The van der Waals surface area contributed by atoms with E-state index in [9.17, 15) is 8.42 Å². The number of sulfonamides is 1. The van der Waals surface area contributed by atoms with Gasteiger partial charge in [-0.25, -0.2) is 12.7 Å². The zero-order valence-corrected chi connectivity index (χ0v) is 7.34. The van der Waals surface area contributed by atoms with Crippen molar-refractivity contribution in [3.8, 4) is 0 Å². The molecule has 0 N–H and O–H groups in total. The predicted molar refractivity (Wildman–Crippen MR) is 41.5 cm³/mol. The third kappa shape index (κ3) is 1.07. The van der Waals surface area contributed by atoms with Crippen LogP contribution in [0.15, 0.2) is 0 Å². The lowest BCUT2D eigenvalue weighted by Crippen LogP contribution is -2.44. The first-order valence-electron chi connectivity index (χ1n) is 3.81. The summed E-state index contributed by atoms with van der Waals surface area (Å²) in [4.78, 5) is 1.84. The molecule has 64 valence electrons. The van der Waals surface area contributed by atoms with Crippen molar-refractivity contribution >= 4 is 10.0 Å². The van der Waals surface area contributed by atoms with Crippen LogP contribution in [-0.4, -0.2) is 49.7 Å². The monoisotopic (exact) mass is 176 g/mol. The summed E-state index contributed by atoms with van der Waals surface area (Å²) in [6, 6.07) is 0. The molecule has 11 heavy (non-hydrogen) atoms. The summed E-state index contributed by atoms with van der Waals surface area (Å²) in [5.74, 6) is 0. The molecule has 2 heterocycles. The normalized spacial score (nSPS) is 38.3. The van der Waals surface area contributed by atoms with E-state index >= 15 is 0 Å². The maximum atomic E-state index is 11.5. The summed E-state index contributed by atoms with van der Waals surface area (Å²) in [5, 5.41) is -0.206. The highest BCUT2D eigenvalue weighted by molar-refractivity contribution is 7.90. The Morgan fingerprint density at radius 1 is 1.36 bits per heavy atom. The van der Waals surface area contributed by atoms with Crippen LogP contribution in [0.25, 0.3) is 0 Å². The SMILES string of the molecule is CN1CC1S(=O)(=O)N1CCC1. The van der Waals surface area contributed by atoms with Crippen LogP contribution < -0.4 is 0 Å². The minimum absolute atomic E-state index is 0.206. The Kier molecular flexibility index (Phi) is 1.49. The van der Waals surface area contributed by atoms with Crippen LogP contribution >= 0.6 is 0 Å². The highest BCUT2D eigenvalue weighted by Crippen LogP contribution is 2.26. The minimum atomic E-state index is -2.92. The molecule has 0 aromatic heterocycles. The van der Waals surface area contributed by atoms with E-state index < -0.39 is 10.0 Å². The predicted octanol–water partition coefficient (Wildman–Crippen LogP) is -0.707. The molecule has 2 aliphatic heterocycles. The summed E-state index contributed by atoms with van der Waals surface area (Å²) in [6.45, 7) is 2.16. The minimum Gasteiger partial charge on any atom is -0.285 e. The molecule has 2 atom stereocenters. The van der Waals surface area contributed by atoms with Crippen molar-refractivity contribution in [2.75, 3.05) is 26.7 Å². The van der Waals surface area contributed by atoms with E-state index in [0.29, 0.717) is 6.54 Å². The summed E-state index contributed by atoms with van der Waals surface area (Å²) >= 11 is 0. The molecular formula is C6H12N2O2S. The molecule has 5 heteroatoms. The van der Waals surface area contributed by atoms with E-state index in [0.717, 1.165) is 19.5 Å². The standard InChI is InChI=1S/C6H12N2O2S/c1-7-5-6(7)11(9,10)8-3-2-4-8/h6H,2-5H2,1H3. The van der Waals surface area contributed by atoms with Crippen LogP contribution in [-0.2, 0) is 10.0 Å². The second-order valence-electron chi connectivity index (χ2n) is 3.19. The largest absolute Gasteiger partial charge is 0.285 e. The van der Waals surface area contributed by atoms with Crippen molar-refractivity contribution in [3.05, 3.63) is 0 Å². The quantitative estimate of drug-likeness (QED) is 0.522. The van der Waals surface area contributed by atoms with E-state index in [1.807, 2.05) is 11.9 Å². The van der Waals surface area contributed by atoms with E-state index in [4.69, 9.17) is 0 Å². The molecule has 0 aromatic carbocycles. The Balaban J connectivity index is 2.09. The Hall–Kier alpha value is -0.130. The number of hydrogen-bond donors (Lipinski definition) is 0. The fourth-order valence-corrected chi connectivity index (χ4v) is 3.22. The molecule has 0 saturated carbocycles. The molecule has 0 aromatic rings. The van der Waals surface area contributed by atoms with E-state index in [-0.39, 0.29) is 5.37 Å². The maximum Gasteiger partial charge on any atom is 0.231 e. The first kappa shape index (κ1) is 7.52. The summed E-state index contributed by atoms with van der Waals surface area (Å²) in [5.41, 5.74) is 0. The van der Waals surface area contributed by atoms with Gasteiger partial charge in [0.15, 0.2) is 0 Å². The lowest BCUT2D eigenvalue weighted by atomic mass is 10.3. The molecule has 4 nitrogen and oxygen atoms in total. The first-order valence-corrected chi connectivity index (χ1v) is 5.32. The highest BCUT2D eigenvalue weighted by atomic mass is 32.2. The molecule has 2 unspecified atom stereocenters. The average Bonchev–Trinajstić information content (AvgIpc) is 2.39. The average molecular weight is 176 g/mol. The molecule has 2 aliphatic rings. The van der Waals surface area contributed by atoms with Crippen molar-refractivity contribution in [2.45, 2.75) is 11.8 Å². The Morgan fingerprint density at radius 2 is 1.91 bits per heavy atom. The first-order chi connectivity index (χ1) is 5.12. The van der Waals surface area contributed by atoms with Gasteiger partial charge >= 0.3 is 0 Å². The fourth-order valence-electron chi connectivity index (χ4n) is 1.23. The van der Waals surface area contributed by atoms with Gasteiger partial charge in [0.1, 0.15) is 5.37 Å². The van der Waals surface area contributed by atoms with E-state index in [1.165, 1.54) is 0 Å². The maximum absolute atomic E-state index is 11.5. The summed E-state index contributed by atoms with van der Waals surface area (Å²) < 4.78 is 24.5. The molecule has 0 aliphatic carbocycles. The van der Waals surface area contributed by atoms with Crippen LogP contribution in [0.4, 0.5) is 0 Å². The van der Waals surface area contributed by atoms with Crippen LogP contribution in [0, 0.1) is 0 Å². The van der Waals surface area contributed by atoms with Crippen molar-refractivity contribution < 1.29 is 8.42 Å². The zero-order chi connectivity index (χ0) is 8.06. The molecule has 0 amide bonds. The topological polar surface area (TPSA) is 40.4 Å². The number of rotatable bonds is 2. The van der Waals surface area contributed by atoms with Crippen LogP contribution in [0.2, 0.25) is 0 Å². The molecule has 0 spiro atoms. The Labute approximate surface area is 66.8 Å². The van der Waals surface area contributed by atoms with Gasteiger partial charge in [0.05, 0.1) is 0 Å². The molecule has 2 fully saturated rings.